The van der Waals surface area contributed by atoms with Crippen molar-refractivity contribution in [2.45, 2.75) is 39.7 Å². The van der Waals surface area contributed by atoms with Crippen LogP contribution in [0, 0.1) is 6.92 Å². The van der Waals surface area contributed by atoms with Gasteiger partial charge in [-0.3, -0.25) is 4.79 Å². The number of aryl methyl sites for hydroxylation is 2. The van der Waals surface area contributed by atoms with Gasteiger partial charge in [0.2, 0.25) is 0 Å². The predicted octanol–water partition coefficient (Wildman–Crippen LogP) is 6.29. The molecule has 4 aromatic rings. The summed E-state index contributed by atoms with van der Waals surface area (Å²) in [5.41, 5.74) is 3.38. The Morgan fingerprint density at radius 1 is 0.818 bits per heavy atom. The van der Waals surface area contributed by atoms with Gasteiger partial charge in [0.1, 0.15) is 11.5 Å². The number of nitrogens with zero attached hydrogens (tertiary/aromatic N) is 1. The molecule has 5 heteroatoms. The molecule has 0 radical (unpaired) electrons. The lowest BCUT2D eigenvalue weighted by atomic mass is 10.1. The van der Waals surface area contributed by atoms with Crippen molar-refractivity contribution >= 4 is 27.8 Å². The molecular formula is C28H31NO4. The number of aromatic nitrogens is 1. The SMILES string of the molecule is CCOC(=O)CCn1c2ccccc2c2ccc(OCCCCOc3cccc(C)c3)cc21. The summed E-state index contributed by atoms with van der Waals surface area (Å²) in [6.07, 6.45) is 2.18. The van der Waals surface area contributed by atoms with E-state index in [1.807, 2.05) is 43.3 Å². The summed E-state index contributed by atoms with van der Waals surface area (Å²) >= 11 is 0. The molecule has 0 aliphatic rings. The van der Waals surface area contributed by atoms with E-state index >= 15 is 0 Å². The third-order valence-electron chi connectivity index (χ3n) is 5.66. The Kier molecular flexibility index (Phi) is 7.51. The molecule has 3 aromatic carbocycles. The van der Waals surface area contributed by atoms with Crippen LogP contribution in [0.3, 0.4) is 0 Å². The summed E-state index contributed by atoms with van der Waals surface area (Å²) in [6.45, 7) is 6.17. The Morgan fingerprint density at radius 3 is 2.30 bits per heavy atom. The van der Waals surface area contributed by atoms with Crippen molar-refractivity contribution in [2.24, 2.45) is 0 Å². The van der Waals surface area contributed by atoms with E-state index < -0.39 is 0 Å². The van der Waals surface area contributed by atoms with Gasteiger partial charge in [0, 0.05) is 28.9 Å². The molecule has 4 rings (SSSR count). The van der Waals surface area contributed by atoms with Crippen molar-refractivity contribution in [1.29, 1.82) is 0 Å². The molecular weight excluding hydrogens is 414 g/mol. The third kappa shape index (κ3) is 5.67. The number of benzene rings is 3. The second-order valence-electron chi connectivity index (χ2n) is 8.12. The second kappa shape index (κ2) is 10.9. The second-order valence-corrected chi connectivity index (χ2v) is 8.12. The topological polar surface area (TPSA) is 49.7 Å². The van der Waals surface area contributed by atoms with Crippen LogP contribution in [-0.2, 0) is 16.1 Å². The minimum atomic E-state index is -0.177. The summed E-state index contributed by atoms with van der Waals surface area (Å²) in [5, 5.41) is 2.34. The monoisotopic (exact) mass is 445 g/mol. The minimum Gasteiger partial charge on any atom is -0.494 e. The number of para-hydroxylation sites is 1. The number of fused-ring (bicyclic) bond motifs is 3. The Labute approximate surface area is 194 Å². The van der Waals surface area contributed by atoms with Gasteiger partial charge in [-0.2, -0.15) is 0 Å². The van der Waals surface area contributed by atoms with Gasteiger partial charge in [0.05, 0.1) is 31.8 Å². The van der Waals surface area contributed by atoms with Crippen molar-refractivity contribution in [2.75, 3.05) is 19.8 Å². The first-order chi connectivity index (χ1) is 16.2. The zero-order valence-corrected chi connectivity index (χ0v) is 19.4. The van der Waals surface area contributed by atoms with Crippen LogP contribution in [0.1, 0.15) is 31.7 Å². The van der Waals surface area contributed by atoms with Crippen LogP contribution in [0.2, 0.25) is 0 Å². The number of rotatable bonds is 11. The molecule has 0 atom stereocenters. The molecule has 0 unspecified atom stereocenters. The molecule has 0 N–H and O–H groups in total. The molecule has 5 nitrogen and oxygen atoms in total. The zero-order chi connectivity index (χ0) is 23.0. The van der Waals surface area contributed by atoms with Crippen LogP contribution in [0.5, 0.6) is 11.5 Å². The predicted molar refractivity (Wildman–Crippen MR) is 132 cm³/mol. The highest BCUT2D eigenvalue weighted by Gasteiger charge is 2.13. The first kappa shape index (κ1) is 22.7. The van der Waals surface area contributed by atoms with Crippen LogP contribution in [0.4, 0.5) is 0 Å². The Morgan fingerprint density at radius 2 is 1.55 bits per heavy atom. The summed E-state index contributed by atoms with van der Waals surface area (Å²) in [4.78, 5) is 11.9. The van der Waals surface area contributed by atoms with Crippen LogP contribution in [0.15, 0.2) is 66.7 Å². The van der Waals surface area contributed by atoms with E-state index in [9.17, 15) is 4.79 Å². The molecule has 0 aliphatic heterocycles. The summed E-state index contributed by atoms with van der Waals surface area (Å²) in [6, 6.07) is 22.6. The van der Waals surface area contributed by atoms with Gasteiger partial charge in [-0.25, -0.2) is 0 Å². The molecule has 0 saturated carbocycles. The fraction of sp³-hybridized carbons (Fsp3) is 0.321. The Balaban J connectivity index is 1.38. The smallest absolute Gasteiger partial charge is 0.307 e. The highest BCUT2D eigenvalue weighted by atomic mass is 16.5. The molecule has 0 bridgehead atoms. The van der Waals surface area contributed by atoms with Crippen molar-refractivity contribution in [1.82, 2.24) is 4.57 Å². The molecule has 0 aliphatic carbocycles. The van der Waals surface area contributed by atoms with Gasteiger partial charge >= 0.3 is 5.97 Å². The highest BCUT2D eigenvalue weighted by Crippen LogP contribution is 2.32. The average Bonchev–Trinajstić information content (AvgIpc) is 3.13. The van der Waals surface area contributed by atoms with Crippen LogP contribution in [-0.4, -0.2) is 30.4 Å². The van der Waals surface area contributed by atoms with Gasteiger partial charge in [-0.15, -0.1) is 0 Å². The number of hydrogen-bond donors (Lipinski definition) is 0. The molecule has 0 amide bonds. The first-order valence-corrected chi connectivity index (χ1v) is 11.6. The lowest BCUT2D eigenvalue weighted by Crippen LogP contribution is -2.09. The highest BCUT2D eigenvalue weighted by molar-refractivity contribution is 6.08. The fourth-order valence-electron chi connectivity index (χ4n) is 4.09. The molecule has 0 spiro atoms. The van der Waals surface area contributed by atoms with E-state index in [-0.39, 0.29) is 5.97 Å². The molecule has 172 valence electrons. The number of esters is 1. The van der Waals surface area contributed by atoms with Crippen LogP contribution < -0.4 is 9.47 Å². The lowest BCUT2D eigenvalue weighted by Gasteiger charge is -2.10. The van der Waals surface area contributed by atoms with E-state index in [2.05, 4.69) is 41.8 Å². The van der Waals surface area contributed by atoms with E-state index in [0.29, 0.717) is 32.8 Å². The first-order valence-electron chi connectivity index (χ1n) is 11.6. The van der Waals surface area contributed by atoms with E-state index in [1.54, 1.807) is 0 Å². The Bertz CT molecular complexity index is 1230. The van der Waals surface area contributed by atoms with Crippen molar-refractivity contribution in [3.05, 3.63) is 72.3 Å². The number of ether oxygens (including phenoxy) is 3. The summed E-state index contributed by atoms with van der Waals surface area (Å²) in [5.74, 6) is 1.57. The normalized spacial score (nSPS) is 11.1. The average molecular weight is 446 g/mol. The lowest BCUT2D eigenvalue weighted by molar-refractivity contribution is -0.143. The van der Waals surface area contributed by atoms with Crippen molar-refractivity contribution in [3.63, 3.8) is 0 Å². The van der Waals surface area contributed by atoms with Crippen molar-refractivity contribution < 1.29 is 19.0 Å². The van der Waals surface area contributed by atoms with Gasteiger partial charge < -0.3 is 18.8 Å². The molecule has 0 saturated heterocycles. The van der Waals surface area contributed by atoms with Gasteiger partial charge in [0.25, 0.3) is 0 Å². The van der Waals surface area contributed by atoms with Gasteiger partial charge in [-0.05, 0) is 62.6 Å². The van der Waals surface area contributed by atoms with Crippen LogP contribution >= 0.6 is 0 Å². The molecule has 33 heavy (non-hydrogen) atoms. The largest absolute Gasteiger partial charge is 0.494 e. The quantitative estimate of drug-likeness (QED) is 0.201. The number of carbonyl (C=O) groups is 1. The zero-order valence-electron chi connectivity index (χ0n) is 19.4. The maximum atomic E-state index is 11.9. The minimum absolute atomic E-state index is 0.177. The van der Waals surface area contributed by atoms with Gasteiger partial charge in [-0.1, -0.05) is 30.3 Å². The standard InChI is InChI=1S/C28H31NO4/c1-3-31-28(30)15-16-29-26-12-5-4-11-24(26)25-14-13-23(20-27(25)29)33-18-7-6-17-32-22-10-8-9-21(2)19-22/h4-5,8-14,19-20H,3,6-7,15-18H2,1-2H3. The van der Waals surface area contributed by atoms with Gasteiger partial charge in [0.15, 0.2) is 0 Å². The fourth-order valence-corrected chi connectivity index (χ4v) is 4.09. The van der Waals surface area contributed by atoms with Crippen LogP contribution in [0.25, 0.3) is 21.8 Å². The van der Waals surface area contributed by atoms with Crippen molar-refractivity contribution in [3.8, 4) is 11.5 Å². The van der Waals surface area contributed by atoms with E-state index in [0.717, 1.165) is 40.8 Å². The number of hydrogen-bond acceptors (Lipinski definition) is 4. The summed E-state index contributed by atoms with van der Waals surface area (Å²) < 4.78 is 19.2. The van der Waals surface area contributed by atoms with E-state index in [4.69, 9.17) is 14.2 Å². The van der Waals surface area contributed by atoms with E-state index in [1.165, 1.54) is 10.9 Å². The molecule has 1 aromatic heterocycles. The third-order valence-corrected chi connectivity index (χ3v) is 5.66. The number of carbonyl (C=O) groups excluding carboxylic acids is 1. The number of unbranched alkanes of at least 4 members (excludes halogenated alkanes) is 1. The molecule has 0 fully saturated rings. The maximum absolute atomic E-state index is 11.9. The Hall–Kier alpha value is -3.47. The molecule has 1 heterocycles. The summed E-state index contributed by atoms with van der Waals surface area (Å²) in [7, 11) is 0. The maximum Gasteiger partial charge on any atom is 0.307 e.